The lowest BCUT2D eigenvalue weighted by Crippen LogP contribution is -2.49. The van der Waals surface area contributed by atoms with E-state index in [0.29, 0.717) is 25.7 Å². The van der Waals surface area contributed by atoms with Crippen molar-refractivity contribution in [1.29, 1.82) is 0 Å². The van der Waals surface area contributed by atoms with E-state index >= 15 is 0 Å². The highest BCUT2D eigenvalue weighted by Gasteiger charge is 2.50. The summed E-state index contributed by atoms with van der Waals surface area (Å²) in [6.07, 6.45) is 7.40. The molecule has 0 spiro atoms. The highest BCUT2D eigenvalue weighted by Crippen LogP contribution is 2.52. The molecule has 0 radical (unpaired) electrons. The largest absolute Gasteiger partial charge is 0.337 e. The lowest BCUT2D eigenvalue weighted by molar-refractivity contribution is -0.156. The Morgan fingerprint density at radius 2 is 1.96 bits per heavy atom. The number of amides is 2. The molecule has 0 aromatic carbocycles. The van der Waals surface area contributed by atoms with Gasteiger partial charge in [-0.3, -0.25) is 9.59 Å². The van der Waals surface area contributed by atoms with Crippen LogP contribution in [0.4, 0.5) is 8.78 Å². The van der Waals surface area contributed by atoms with Gasteiger partial charge in [-0.2, -0.15) is 8.78 Å². The van der Waals surface area contributed by atoms with E-state index in [9.17, 15) is 18.4 Å². The highest BCUT2D eigenvalue weighted by molar-refractivity contribution is 8.16. The van der Waals surface area contributed by atoms with Gasteiger partial charge in [0.05, 0.1) is 5.04 Å². The molecule has 27 heavy (non-hydrogen) atoms. The van der Waals surface area contributed by atoms with Crippen molar-refractivity contribution in [2.45, 2.75) is 69.5 Å². The first-order valence-corrected chi connectivity index (χ1v) is 11.0. The van der Waals surface area contributed by atoms with Gasteiger partial charge in [-0.1, -0.05) is 18.2 Å². The van der Waals surface area contributed by atoms with Crippen LogP contribution in [0, 0.1) is 23.7 Å². The number of nitrogens with zero attached hydrogens (tertiary/aromatic N) is 2. The van der Waals surface area contributed by atoms with E-state index in [1.54, 1.807) is 11.8 Å². The minimum Gasteiger partial charge on any atom is -0.337 e. The maximum atomic E-state index is 13.3. The van der Waals surface area contributed by atoms with Gasteiger partial charge in [-0.25, -0.2) is 4.99 Å². The molecule has 1 unspecified atom stereocenters. The summed E-state index contributed by atoms with van der Waals surface area (Å²) in [6.45, 7) is 3.18. The van der Waals surface area contributed by atoms with E-state index in [0.717, 1.165) is 23.3 Å². The molecule has 4 aliphatic rings. The molecule has 2 aliphatic heterocycles. The molecule has 2 saturated carbocycles. The van der Waals surface area contributed by atoms with E-state index < -0.39 is 16.6 Å². The molecule has 0 aromatic heterocycles. The molecule has 4 rings (SSSR count). The zero-order chi connectivity index (χ0) is 19.4. The van der Waals surface area contributed by atoms with Crippen molar-refractivity contribution in [3.8, 4) is 0 Å². The summed E-state index contributed by atoms with van der Waals surface area (Å²) in [7, 11) is 0. The van der Waals surface area contributed by atoms with Crippen LogP contribution in [0.2, 0.25) is 0 Å². The predicted molar refractivity (Wildman–Crippen MR) is 102 cm³/mol. The summed E-state index contributed by atoms with van der Waals surface area (Å²) in [5.41, 5.74) is 0. The molecule has 2 aliphatic carbocycles. The summed E-state index contributed by atoms with van der Waals surface area (Å²) in [4.78, 5) is 30.1. The van der Waals surface area contributed by atoms with Crippen LogP contribution in [-0.4, -0.2) is 45.5 Å². The van der Waals surface area contributed by atoms with Crippen LogP contribution in [0.15, 0.2) is 4.99 Å². The highest BCUT2D eigenvalue weighted by atomic mass is 32.2. The summed E-state index contributed by atoms with van der Waals surface area (Å²) in [6, 6.07) is 0. The van der Waals surface area contributed by atoms with Gasteiger partial charge in [0, 0.05) is 20.0 Å². The normalized spacial score (nSPS) is 37.2. The third-order valence-electron chi connectivity index (χ3n) is 7.24. The second kappa shape index (κ2) is 6.82. The van der Waals surface area contributed by atoms with Gasteiger partial charge in [-0.05, 0) is 69.1 Å². The van der Waals surface area contributed by atoms with Crippen LogP contribution in [0.25, 0.3) is 0 Å². The molecule has 3 fully saturated rings. The Bertz CT molecular complexity index is 669. The van der Waals surface area contributed by atoms with Crippen LogP contribution in [0.5, 0.6) is 0 Å². The van der Waals surface area contributed by atoms with Crippen molar-refractivity contribution in [3.05, 3.63) is 0 Å². The Balaban J connectivity index is 1.34. The third-order valence-corrected chi connectivity index (χ3v) is 8.66. The Morgan fingerprint density at radius 1 is 1.26 bits per heavy atom. The number of fused-ring (bicyclic) bond motifs is 2. The molecule has 0 aromatic rings. The fourth-order valence-corrected chi connectivity index (χ4v) is 7.09. The van der Waals surface area contributed by atoms with E-state index in [-0.39, 0.29) is 24.9 Å². The molecule has 7 heteroatoms. The smallest absolute Gasteiger partial charge is 0.322 e. The van der Waals surface area contributed by atoms with Gasteiger partial charge in [0.15, 0.2) is 0 Å². The lowest BCUT2D eigenvalue weighted by atomic mass is 9.84. The predicted octanol–water partition coefficient (Wildman–Crippen LogP) is 4.14. The molecule has 2 amide bonds. The summed E-state index contributed by atoms with van der Waals surface area (Å²) in [5, 5.41) is 0.971. The van der Waals surface area contributed by atoms with Crippen LogP contribution in [0.1, 0.15) is 58.8 Å². The van der Waals surface area contributed by atoms with Crippen molar-refractivity contribution in [1.82, 2.24) is 4.90 Å². The number of carbonyl (C=O) groups is 2. The summed E-state index contributed by atoms with van der Waals surface area (Å²) < 4.78 is 26.0. The second-order valence-corrected chi connectivity index (χ2v) is 10.6. The van der Waals surface area contributed by atoms with Crippen LogP contribution in [0.3, 0.4) is 0 Å². The molecule has 0 N–H and O–H groups in total. The molecule has 4 nitrogen and oxygen atoms in total. The van der Waals surface area contributed by atoms with Crippen LogP contribution < -0.4 is 0 Å². The quantitative estimate of drug-likeness (QED) is 0.715. The summed E-state index contributed by atoms with van der Waals surface area (Å²) in [5.74, 6) is -2.06. The number of hydrogen-bond acceptors (Lipinski definition) is 3. The number of thioether (sulfide) groups is 1. The fraction of sp³-hybridized carbons (Fsp3) is 0.850. The van der Waals surface area contributed by atoms with Gasteiger partial charge in [0.1, 0.15) is 4.75 Å². The van der Waals surface area contributed by atoms with Gasteiger partial charge >= 0.3 is 5.92 Å². The number of carbonyl (C=O) groups excluding carboxylic acids is 2. The third kappa shape index (κ3) is 3.56. The Kier molecular flexibility index (Phi) is 4.88. The van der Waals surface area contributed by atoms with Gasteiger partial charge < -0.3 is 4.90 Å². The average molecular weight is 399 g/mol. The number of aliphatic imine (C=N–C) groups is 1. The number of likely N-dealkylation sites (tertiary alicyclic amines) is 1. The molecule has 1 saturated heterocycles. The molecule has 2 heterocycles. The molecule has 2 bridgehead atoms. The summed E-state index contributed by atoms with van der Waals surface area (Å²) >= 11 is 1.61. The van der Waals surface area contributed by atoms with Crippen LogP contribution in [-0.2, 0) is 9.59 Å². The first kappa shape index (κ1) is 19.3. The average Bonchev–Trinajstić information content (AvgIpc) is 3.29. The minimum absolute atomic E-state index is 0.0729. The monoisotopic (exact) mass is 398 g/mol. The van der Waals surface area contributed by atoms with E-state index in [4.69, 9.17) is 0 Å². The van der Waals surface area contributed by atoms with Crippen molar-refractivity contribution in [3.63, 3.8) is 0 Å². The SMILES string of the molecule is CC(F)(F)C(=O)N1CCC(C2(C)SC(C[C@H]3C[C@@H]4CC[C@H]3C4)=NC2=O)CC1. The topological polar surface area (TPSA) is 49.7 Å². The number of rotatable bonds is 4. The van der Waals surface area contributed by atoms with Crippen LogP contribution >= 0.6 is 11.8 Å². The molecule has 150 valence electrons. The maximum absolute atomic E-state index is 13.3. The molecular weight excluding hydrogens is 370 g/mol. The number of hydrogen-bond donors (Lipinski definition) is 0. The van der Waals surface area contributed by atoms with Crippen molar-refractivity contribution < 1.29 is 18.4 Å². The fourth-order valence-electron chi connectivity index (χ4n) is 5.64. The number of halogens is 2. The molecular formula is C20H28F2N2O2S. The Morgan fingerprint density at radius 3 is 2.52 bits per heavy atom. The van der Waals surface area contributed by atoms with Crippen molar-refractivity contribution >= 4 is 28.6 Å². The van der Waals surface area contributed by atoms with E-state index in [1.807, 2.05) is 6.92 Å². The van der Waals surface area contributed by atoms with E-state index in [1.165, 1.54) is 30.6 Å². The van der Waals surface area contributed by atoms with Crippen molar-refractivity contribution in [2.75, 3.05) is 13.1 Å². The Hall–Kier alpha value is -0.980. The maximum Gasteiger partial charge on any atom is 0.322 e. The number of piperidine rings is 1. The Labute approximate surface area is 163 Å². The van der Waals surface area contributed by atoms with Crippen molar-refractivity contribution in [2.24, 2.45) is 28.7 Å². The minimum atomic E-state index is -3.33. The second-order valence-electron chi connectivity index (χ2n) is 9.11. The first-order chi connectivity index (χ1) is 12.7. The van der Waals surface area contributed by atoms with Gasteiger partial charge in [-0.15, -0.1) is 0 Å². The molecule has 4 atom stereocenters. The van der Waals surface area contributed by atoms with Gasteiger partial charge in [0.2, 0.25) is 0 Å². The lowest BCUT2D eigenvalue weighted by Gasteiger charge is -2.39. The zero-order valence-corrected chi connectivity index (χ0v) is 16.9. The zero-order valence-electron chi connectivity index (χ0n) is 16.0. The number of alkyl halides is 2. The van der Waals surface area contributed by atoms with E-state index in [2.05, 4.69) is 4.99 Å². The van der Waals surface area contributed by atoms with Gasteiger partial charge in [0.25, 0.3) is 11.8 Å². The first-order valence-electron chi connectivity index (χ1n) is 10.1. The standard InChI is InChI=1S/C20H28F2N2O2S/c1-19(15-5-7-24(8-6-15)18(26)20(2,21)22)17(25)23-16(27-19)11-14-10-12-3-4-13(14)9-12/h12-15H,3-11H2,1-2H3/t12-,13+,14-,19?/m1/s1.